The number of amides is 1. The lowest BCUT2D eigenvalue weighted by molar-refractivity contribution is -0.385. The zero-order chi connectivity index (χ0) is 16.1. The van der Waals surface area contributed by atoms with Crippen LogP contribution in [0.1, 0.15) is 11.3 Å². The molecule has 0 unspecified atom stereocenters. The number of hydrogen-bond acceptors (Lipinski definition) is 5. The minimum atomic E-state index is -0.536. The van der Waals surface area contributed by atoms with Crippen LogP contribution in [0.3, 0.4) is 0 Å². The van der Waals surface area contributed by atoms with Gasteiger partial charge in [-0.25, -0.2) is 0 Å². The molecule has 0 bridgehead atoms. The van der Waals surface area contributed by atoms with E-state index in [1.54, 1.807) is 32.2 Å². The van der Waals surface area contributed by atoms with Crippen molar-refractivity contribution in [2.24, 2.45) is 0 Å². The van der Waals surface area contributed by atoms with Gasteiger partial charge in [-0.1, -0.05) is 6.07 Å². The Morgan fingerprint density at radius 3 is 2.82 bits per heavy atom. The summed E-state index contributed by atoms with van der Waals surface area (Å²) in [6.07, 6.45) is 1.53. The summed E-state index contributed by atoms with van der Waals surface area (Å²) in [6, 6.07) is 8.02. The Morgan fingerprint density at radius 2 is 2.18 bits per heavy atom. The number of aryl methyl sites for hydroxylation is 1. The van der Waals surface area contributed by atoms with Crippen molar-refractivity contribution in [2.45, 2.75) is 13.5 Å². The summed E-state index contributed by atoms with van der Waals surface area (Å²) in [4.78, 5) is 23.8. The predicted molar refractivity (Wildman–Crippen MR) is 78.5 cm³/mol. The molecule has 0 aliphatic heterocycles. The third kappa shape index (κ3) is 3.85. The van der Waals surface area contributed by atoms with Gasteiger partial charge in [0.25, 0.3) is 5.91 Å². The molecule has 7 heteroatoms. The van der Waals surface area contributed by atoms with Crippen LogP contribution < -0.4 is 4.74 Å². The first-order valence-electron chi connectivity index (χ1n) is 6.61. The minimum absolute atomic E-state index is 0.0877. The van der Waals surface area contributed by atoms with E-state index in [0.717, 1.165) is 5.56 Å². The standard InChI is InChI=1S/C15H16N2O5/c1-11-5-6-13(17(19)20)14(8-11)22-10-15(18)16(2)9-12-4-3-7-21-12/h3-8H,9-10H2,1-2H3. The molecule has 116 valence electrons. The van der Waals surface area contributed by atoms with Gasteiger partial charge in [0.15, 0.2) is 12.4 Å². The number of benzene rings is 1. The number of nitrogens with zero attached hydrogens (tertiary/aromatic N) is 2. The van der Waals surface area contributed by atoms with Gasteiger partial charge in [0.2, 0.25) is 0 Å². The van der Waals surface area contributed by atoms with E-state index >= 15 is 0 Å². The van der Waals surface area contributed by atoms with Crippen LogP contribution >= 0.6 is 0 Å². The second-order valence-corrected chi connectivity index (χ2v) is 4.85. The smallest absolute Gasteiger partial charge is 0.310 e. The average Bonchev–Trinajstić information content (AvgIpc) is 2.97. The molecule has 22 heavy (non-hydrogen) atoms. The van der Waals surface area contributed by atoms with Crippen LogP contribution in [0.5, 0.6) is 5.75 Å². The van der Waals surface area contributed by atoms with Gasteiger partial charge in [-0.05, 0) is 30.7 Å². The van der Waals surface area contributed by atoms with E-state index in [2.05, 4.69) is 0 Å². The molecule has 0 atom stereocenters. The molecule has 0 N–H and O–H groups in total. The lowest BCUT2D eigenvalue weighted by atomic mass is 10.2. The summed E-state index contributed by atoms with van der Waals surface area (Å²) in [7, 11) is 1.61. The summed E-state index contributed by atoms with van der Waals surface area (Å²) in [5, 5.41) is 10.9. The second kappa shape index (κ2) is 6.75. The zero-order valence-corrected chi connectivity index (χ0v) is 12.3. The van der Waals surface area contributed by atoms with Crippen LogP contribution in [-0.4, -0.2) is 29.4 Å². The van der Waals surface area contributed by atoms with Gasteiger partial charge < -0.3 is 14.1 Å². The lowest BCUT2D eigenvalue weighted by Gasteiger charge is -2.16. The summed E-state index contributed by atoms with van der Waals surface area (Å²) in [5.74, 6) is 0.439. The van der Waals surface area contributed by atoms with Crippen molar-refractivity contribution in [3.8, 4) is 5.75 Å². The molecule has 0 saturated carbocycles. The topological polar surface area (TPSA) is 85.8 Å². The molecule has 2 rings (SSSR count). The van der Waals surface area contributed by atoms with E-state index in [0.29, 0.717) is 12.3 Å². The number of rotatable bonds is 6. The first-order valence-corrected chi connectivity index (χ1v) is 6.61. The molecule has 7 nitrogen and oxygen atoms in total. The van der Waals surface area contributed by atoms with Crippen LogP contribution in [0.25, 0.3) is 0 Å². The molecule has 1 aromatic carbocycles. The van der Waals surface area contributed by atoms with Gasteiger partial charge in [-0.15, -0.1) is 0 Å². The second-order valence-electron chi connectivity index (χ2n) is 4.85. The van der Waals surface area contributed by atoms with E-state index in [9.17, 15) is 14.9 Å². The summed E-state index contributed by atoms with van der Waals surface area (Å²) < 4.78 is 10.5. The third-order valence-corrected chi connectivity index (χ3v) is 3.06. The largest absolute Gasteiger partial charge is 0.477 e. The molecule has 2 aromatic rings. The van der Waals surface area contributed by atoms with Crippen molar-refractivity contribution in [3.63, 3.8) is 0 Å². The van der Waals surface area contributed by atoms with E-state index in [4.69, 9.17) is 9.15 Å². The SMILES string of the molecule is Cc1ccc([N+](=O)[O-])c(OCC(=O)N(C)Cc2ccco2)c1. The van der Waals surface area contributed by atoms with Crippen molar-refractivity contribution in [1.82, 2.24) is 4.90 Å². The maximum absolute atomic E-state index is 12.0. The fraction of sp³-hybridized carbons (Fsp3) is 0.267. The first kappa shape index (κ1) is 15.6. The normalized spacial score (nSPS) is 10.3. The highest BCUT2D eigenvalue weighted by molar-refractivity contribution is 5.77. The van der Waals surface area contributed by atoms with E-state index in [1.807, 2.05) is 0 Å². The van der Waals surface area contributed by atoms with E-state index in [1.165, 1.54) is 23.3 Å². The van der Waals surface area contributed by atoms with Crippen LogP contribution in [0.15, 0.2) is 41.0 Å². The Hall–Kier alpha value is -2.83. The van der Waals surface area contributed by atoms with Gasteiger partial charge in [-0.3, -0.25) is 14.9 Å². The molecule has 0 saturated heterocycles. The van der Waals surface area contributed by atoms with Crippen LogP contribution in [-0.2, 0) is 11.3 Å². The molecular weight excluding hydrogens is 288 g/mol. The Bertz CT molecular complexity index is 667. The number of nitro benzene ring substituents is 1. The number of hydrogen-bond donors (Lipinski definition) is 0. The van der Waals surface area contributed by atoms with Crippen LogP contribution in [0.4, 0.5) is 5.69 Å². The third-order valence-electron chi connectivity index (χ3n) is 3.06. The van der Waals surface area contributed by atoms with Gasteiger partial charge >= 0.3 is 5.69 Å². The zero-order valence-electron chi connectivity index (χ0n) is 12.3. The van der Waals surface area contributed by atoms with Gasteiger partial charge in [0.1, 0.15) is 5.76 Å². The minimum Gasteiger partial charge on any atom is -0.477 e. The number of ether oxygens (including phenoxy) is 1. The molecule has 0 radical (unpaired) electrons. The maximum atomic E-state index is 12.0. The molecular formula is C15H16N2O5. The van der Waals surface area contributed by atoms with Crippen LogP contribution in [0, 0.1) is 17.0 Å². The molecule has 1 heterocycles. The van der Waals surface area contributed by atoms with Gasteiger partial charge in [0.05, 0.1) is 17.7 Å². The molecule has 0 aliphatic rings. The van der Waals surface area contributed by atoms with Crippen molar-refractivity contribution in [3.05, 3.63) is 58.0 Å². The average molecular weight is 304 g/mol. The van der Waals surface area contributed by atoms with E-state index < -0.39 is 4.92 Å². The number of furan rings is 1. The molecule has 0 aliphatic carbocycles. The molecule has 1 amide bonds. The highest BCUT2D eigenvalue weighted by Gasteiger charge is 2.17. The number of carbonyl (C=O) groups is 1. The molecule has 0 spiro atoms. The molecule has 1 aromatic heterocycles. The van der Waals surface area contributed by atoms with Gasteiger partial charge in [-0.2, -0.15) is 0 Å². The number of likely N-dealkylation sites (N-methyl/N-ethyl adjacent to an activating group) is 1. The fourth-order valence-corrected chi connectivity index (χ4v) is 1.86. The Labute approximate surface area is 127 Å². The highest BCUT2D eigenvalue weighted by atomic mass is 16.6. The summed E-state index contributed by atoms with van der Waals surface area (Å²) in [5.41, 5.74) is 0.657. The summed E-state index contributed by atoms with van der Waals surface area (Å²) in [6.45, 7) is 1.83. The Morgan fingerprint density at radius 1 is 1.41 bits per heavy atom. The van der Waals surface area contributed by atoms with E-state index in [-0.39, 0.29) is 24.0 Å². The predicted octanol–water partition coefficient (Wildman–Crippen LogP) is 2.53. The van der Waals surface area contributed by atoms with Gasteiger partial charge in [0, 0.05) is 13.1 Å². The van der Waals surface area contributed by atoms with Crippen molar-refractivity contribution in [1.29, 1.82) is 0 Å². The lowest BCUT2D eigenvalue weighted by Crippen LogP contribution is -2.30. The monoisotopic (exact) mass is 304 g/mol. The Kier molecular flexibility index (Phi) is 4.77. The fourth-order valence-electron chi connectivity index (χ4n) is 1.86. The summed E-state index contributed by atoms with van der Waals surface area (Å²) >= 11 is 0. The maximum Gasteiger partial charge on any atom is 0.310 e. The highest BCUT2D eigenvalue weighted by Crippen LogP contribution is 2.27. The quantitative estimate of drug-likeness (QED) is 0.604. The van der Waals surface area contributed by atoms with Crippen molar-refractivity contribution in [2.75, 3.05) is 13.7 Å². The Balaban J connectivity index is 1.98. The van der Waals surface area contributed by atoms with Crippen molar-refractivity contribution >= 4 is 11.6 Å². The number of carbonyl (C=O) groups excluding carboxylic acids is 1. The van der Waals surface area contributed by atoms with Crippen molar-refractivity contribution < 1.29 is 18.9 Å². The molecule has 0 fully saturated rings. The van der Waals surface area contributed by atoms with Crippen LogP contribution in [0.2, 0.25) is 0 Å². The first-order chi connectivity index (χ1) is 10.5. The number of nitro groups is 1.